The quantitative estimate of drug-likeness (QED) is 0.810. The van der Waals surface area contributed by atoms with Crippen molar-refractivity contribution in [3.05, 3.63) is 62.6 Å². The Labute approximate surface area is 139 Å². The van der Waals surface area contributed by atoms with Crippen LogP contribution in [0.1, 0.15) is 11.1 Å². The summed E-state index contributed by atoms with van der Waals surface area (Å²) in [6, 6.07) is 11.6. The van der Waals surface area contributed by atoms with Gasteiger partial charge in [-0.25, -0.2) is 0 Å². The first-order valence-corrected chi connectivity index (χ1v) is 7.86. The Morgan fingerprint density at radius 2 is 1.81 bits per heavy atom. The molecule has 21 heavy (non-hydrogen) atoms. The minimum Gasteiger partial charge on any atom is -0.488 e. The molecule has 0 saturated heterocycles. The van der Waals surface area contributed by atoms with E-state index in [0.29, 0.717) is 21.6 Å². The average Bonchev–Trinajstić information content (AvgIpc) is 2.89. The summed E-state index contributed by atoms with van der Waals surface area (Å²) in [5, 5.41) is 4.98. The molecule has 0 bridgehead atoms. The molecular weight excluding hydrogens is 329 g/mol. The van der Waals surface area contributed by atoms with Crippen molar-refractivity contribution in [2.24, 2.45) is 0 Å². The topological polar surface area (TPSA) is 21.3 Å². The second kappa shape index (κ2) is 6.45. The van der Waals surface area contributed by atoms with Crippen molar-refractivity contribution in [2.45, 2.75) is 19.1 Å². The molecule has 3 rings (SSSR count). The van der Waals surface area contributed by atoms with Crippen LogP contribution in [-0.2, 0) is 13.0 Å². The van der Waals surface area contributed by atoms with Crippen LogP contribution in [-0.4, -0.2) is 12.6 Å². The van der Waals surface area contributed by atoms with Crippen LogP contribution in [0.3, 0.4) is 0 Å². The summed E-state index contributed by atoms with van der Waals surface area (Å²) in [4.78, 5) is 0. The van der Waals surface area contributed by atoms with E-state index < -0.39 is 0 Å². The summed E-state index contributed by atoms with van der Waals surface area (Å²) < 4.78 is 5.87. The van der Waals surface area contributed by atoms with E-state index in [9.17, 15) is 0 Å². The zero-order valence-corrected chi connectivity index (χ0v) is 13.5. The number of rotatable bonds is 4. The van der Waals surface area contributed by atoms with Gasteiger partial charge in [-0.3, -0.25) is 0 Å². The third-order valence-corrected chi connectivity index (χ3v) is 4.72. The molecule has 0 spiro atoms. The maximum atomic E-state index is 6.18. The van der Waals surface area contributed by atoms with Crippen LogP contribution in [0.25, 0.3) is 0 Å². The van der Waals surface area contributed by atoms with Gasteiger partial charge in [0, 0.05) is 30.1 Å². The zero-order chi connectivity index (χ0) is 14.8. The maximum Gasteiger partial charge on any atom is 0.123 e. The SMILES string of the molecule is Clc1ccc(Cl)c(CNCC2Cc3ccccc3O2)c1Cl. The van der Waals surface area contributed by atoms with Crippen molar-refractivity contribution in [3.63, 3.8) is 0 Å². The molecule has 1 unspecified atom stereocenters. The molecule has 1 aliphatic rings. The van der Waals surface area contributed by atoms with Crippen molar-refractivity contribution < 1.29 is 4.74 Å². The van der Waals surface area contributed by atoms with Crippen LogP contribution >= 0.6 is 34.8 Å². The molecular formula is C16H14Cl3NO. The molecule has 2 nitrogen and oxygen atoms in total. The molecule has 0 saturated carbocycles. The second-order valence-corrected chi connectivity index (χ2v) is 6.20. The summed E-state index contributed by atoms with van der Waals surface area (Å²) >= 11 is 18.3. The fourth-order valence-corrected chi connectivity index (χ4v) is 3.14. The van der Waals surface area contributed by atoms with E-state index in [2.05, 4.69) is 11.4 Å². The number of benzene rings is 2. The third kappa shape index (κ3) is 3.29. The van der Waals surface area contributed by atoms with Crippen molar-refractivity contribution in [1.29, 1.82) is 0 Å². The first kappa shape index (κ1) is 15.0. The van der Waals surface area contributed by atoms with E-state index in [1.54, 1.807) is 12.1 Å². The molecule has 2 aromatic carbocycles. The second-order valence-electron chi connectivity index (χ2n) is 5.00. The van der Waals surface area contributed by atoms with Gasteiger partial charge in [0.25, 0.3) is 0 Å². The number of fused-ring (bicyclic) bond motifs is 1. The van der Waals surface area contributed by atoms with Crippen LogP contribution in [0.15, 0.2) is 36.4 Å². The van der Waals surface area contributed by atoms with Crippen molar-refractivity contribution in [2.75, 3.05) is 6.54 Å². The molecule has 0 fully saturated rings. The van der Waals surface area contributed by atoms with Crippen LogP contribution in [0.2, 0.25) is 15.1 Å². The molecule has 0 aromatic heterocycles. The summed E-state index contributed by atoms with van der Waals surface area (Å²) in [5.41, 5.74) is 2.07. The van der Waals surface area contributed by atoms with Crippen molar-refractivity contribution >= 4 is 34.8 Å². The standard InChI is InChI=1S/C16H14Cl3NO/c17-13-5-6-14(18)16(19)12(13)9-20-8-11-7-10-3-1-2-4-15(10)21-11/h1-6,11,20H,7-9H2. The highest BCUT2D eigenvalue weighted by molar-refractivity contribution is 6.44. The molecule has 110 valence electrons. The number of halogens is 3. The highest BCUT2D eigenvalue weighted by Gasteiger charge is 2.21. The lowest BCUT2D eigenvalue weighted by atomic mass is 10.1. The summed E-state index contributed by atoms with van der Waals surface area (Å²) in [6.45, 7) is 1.29. The minimum atomic E-state index is 0.138. The van der Waals surface area contributed by atoms with Gasteiger partial charge in [0.15, 0.2) is 0 Å². The normalized spacial score (nSPS) is 16.6. The zero-order valence-electron chi connectivity index (χ0n) is 11.2. The van der Waals surface area contributed by atoms with E-state index in [1.807, 2.05) is 18.2 Å². The van der Waals surface area contributed by atoms with E-state index >= 15 is 0 Å². The first-order chi connectivity index (χ1) is 10.1. The molecule has 5 heteroatoms. The molecule has 0 amide bonds. The van der Waals surface area contributed by atoms with Crippen LogP contribution in [0, 0.1) is 0 Å². The summed E-state index contributed by atoms with van der Waals surface area (Å²) in [7, 11) is 0. The minimum absolute atomic E-state index is 0.138. The highest BCUT2D eigenvalue weighted by Crippen LogP contribution is 2.31. The highest BCUT2D eigenvalue weighted by atomic mass is 35.5. The summed E-state index contributed by atoms with van der Waals surface area (Å²) in [5.74, 6) is 0.975. The maximum absolute atomic E-state index is 6.18. The molecule has 1 N–H and O–H groups in total. The predicted octanol–water partition coefficient (Wildman–Crippen LogP) is 4.74. The van der Waals surface area contributed by atoms with Gasteiger partial charge in [0.05, 0.1) is 10.0 Å². The Hall–Kier alpha value is -0.930. The van der Waals surface area contributed by atoms with Gasteiger partial charge in [-0.1, -0.05) is 53.0 Å². The third-order valence-electron chi connectivity index (χ3n) is 3.53. The van der Waals surface area contributed by atoms with Crippen molar-refractivity contribution in [3.8, 4) is 5.75 Å². The summed E-state index contributed by atoms with van der Waals surface area (Å²) in [6.07, 6.45) is 1.05. The number of hydrogen-bond donors (Lipinski definition) is 1. The number of ether oxygens (including phenoxy) is 1. The Morgan fingerprint density at radius 3 is 2.62 bits per heavy atom. The number of para-hydroxylation sites is 1. The average molecular weight is 343 g/mol. The largest absolute Gasteiger partial charge is 0.488 e. The fourth-order valence-electron chi connectivity index (χ4n) is 2.46. The molecule has 1 atom stereocenters. The lowest BCUT2D eigenvalue weighted by Gasteiger charge is -2.13. The van der Waals surface area contributed by atoms with Gasteiger partial charge in [0.1, 0.15) is 11.9 Å². The van der Waals surface area contributed by atoms with E-state index in [-0.39, 0.29) is 6.10 Å². The number of nitrogens with one attached hydrogen (secondary N) is 1. The van der Waals surface area contributed by atoms with Crippen LogP contribution < -0.4 is 10.1 Å². The molecule has 0 aliphatic carbocycles. The Bertz CT molecular complexity index is 635. The van der Waals surface area contributed by atoms with E-state index in [4.69, 9.17) is 39.5 Å². The van der Waals surface area contributed by atoms with E-state index in [1.165, 1.54) is 5.56 Å². The van der Waals surface area contributed by atoms with Crippen LogP contribution in [0.4, 0.5) is 0 Å². The first-order valence-electron chi connectivity index (χ1n) is 6.73. The smallest absolute Gasteiger partial charge is 0.123 e. The predicted molar refractivity (Wildman–Crippen MR) is 87.7 cm³/mol. The van der Waals surface area contributed by atoms with Crippen molar-refractivity contribution in [1.82, 2.24) is 5.32 Å². The number of hydrogen-bond acceptors (Lipinski definition) is 2. The van der Waals surface area contributed by atoms with Gasteiger partial charge in [-0.05, 0) is 23.8 Å². The fraction of sp³-hybridized carbons (Fsp3) is 0.250. The van der Waals surface area contributed by atoms with Gasteiger partial charge >= 0.3 is 0 Å². The Morgan fingerprint density at radius 1 is 1.05 bits per heavy atom. The molecule has 1 heterocycles. The van der Waals surface area contributed by atoms with E-state index in [0.717, 1.165) is 24.3 Å². The molecule has 2 aromatic rings. The van der Waals surface area contributed by atoms with Gasteiger partial charge < -0.3 is 10.1 Å². The lowest BCUT2D eigenvalue weighted by molar-refractivity contribution is 0.227. The van der Waals surface area contributed by atoms with Gasteiger partial charge in [-0.2, -0.15) is 0 Å². The van der Waals surface area contributed by atoms with Gasteiger partial charge in [0.2, 0.25) is 0 Å². The van der Waals surface area contributed by atoms with Gasteiger partial charge in [-0.15, -0.1) is 0 Å². The Kier molecular flexibility index (Phi) is 4.60. The lowest BCUT2D eigenvalue weighted by Crippen LogP contribution is -2.29. The molecule has 1 aliphatic heterocycles. The Balaban J connectivity index is 1.58. The molecule has 0 radical (unpaired) electrons. The van der Waals surface area contributed by atoms with Crippen LogP contribution in [0.5, 0.6) is 5.75 Å². The monoisotopic (exact) mass is 341 g/mol.